The minimum absolute atomic E-state index is 0.584. The summed E-state index contributed by atoms with van der Waals surface area (Å²) in [4.78, 5) is 18.5. The van der Waals surface area contributed by atoms with Crippen LogP contribution in [0.15, 0.2) is 29.8 Å². The van der Waals surface area contributed by atoms with Crippen LogP contribution in [-0.4, -0.2) is 16.4 Å². The van der Waals surface area contributed by atoms with E-state index in [9.17, 15) is 4.79 Å². The summed E-state index contributed by atoms with van der Waals surface area (Å²) in [7, 11) is 0. The highest BCUT2D eigenvalue weighted by molar-refractivity contribution is 7.14. The van der Waals surface area contributed by atoms with Crippen molar-refractivity contribution in [3.8, 4) is 11.4 Å². The molecule has 0 aromatic carbocycles. The number of hydrogen-bond acceptors (Lipinski definition) is 4. The van der Waals surface area contributed by atoms with E-state index in [1.54, 1.807) is 6.20 Å². The fourth-order valence-electron chi connectivity index (χ4n) is 1.02. The zero-order valence-corrected chi connectivity index (χ0v) is 7.99. The maximum atomic E-state index is 10.2. The van der Waals surface area contributed by atoms with E-state index in [0.717, 1.165) is 11.4 Å². The summed E-state index contributed by atoms with van der Waals surface area (Å²) in [5.41, 5.74) is 1.59. The fraction of sp³-hybridized carbons (Fsp3) is 0. The van der Waals surface area contributed by atoms with Crippen molar-refractivity contribution < 1.29 is 4.79 Å². The molecule has 0 saturated carbocycles. The van der Waals surface area contributed by atoms with Gasteiger partial charge in [-0.1, -0.05) is 6.07 Å². The van der Waals surface area contributed by atoms with E-state index in [4.69, 9.17) is 0 Å². The molecular weight excluding hydrogens is 198 g/mol. The summed E-state index contributed by atoms with van der Waals surface area (Å²) in [6.45, 7) is 0. The molecule has 2 heterocycles. The number of aromatic nitrogens is 2. The van der Waals surface area contributed by atoms with Gasteiger partial charge in [0.05, 0.1) is 5.69 Å². The highest BCUT2D eigenvalue weighted by Crippen LogP contribution is 2.22. The third-order valence-corrected chi connectivity index (χ3v) is 2.39. The van der Waals surface area contributed by atoms with Gasteiger partial charge in [0.25, 0.3) is 0 Å². The minimum atomic E-state index is 0.584. The van der Waals surface area contributed by atoms with E-state index in [2.05, 4.69) is 15.3 Å². The van der Waals surface area contributed by atoms with Crippen molar-refractivity contribution in [2.45, 2.75) is 0 Å². The molecule has 0 saturated heterocycles. The molecule has 14 heavy (non-hydrogen) atoms. The number of carbonyl (C=O) groups is 1. The Morgan fingerprint density at radius 3 is 3.00 bits per heavy atom. The average Bonchev–Trinajstić information content (AvgIpc) is 2.68. The van der Waals surface area contributed by atoms with E-state index in [-0.39, 0.29) is 0 Å². The van der Waals surface area contributed by atoms with Crippen LogP contribution in [-0.2, 0) is 4.79 Å². The van der Waals surface area contributed by atoms with Crippen LogP contribution in [0.5, 0.6) is 0 Å². The van der Waals surface area contributed by atoms with Gasteiger partial charge in [-0.15, -0.1) is 11.3 Å². The van der Waals surface area contributed by atoms with E-state index < -0.39 is 0 Å². The molecular formula is C9H7N3OS. The Bertz CT molecular complexity index is 427. The number of amides is 1. The smallest absolute Gasteiger partial charge is 0.213 e. The Morgan fingerprint density at radius 1 is 1.36 bits per heavy atom. The van der Waals surface area contributed by atoms with Gasteiger partial charge >= 0.3 is 0 Å². The third kappa shape index (κ3) is 1.77. The molecule has 0 radical (unpaired) electrons. The molecule has 0 aliphatic rings. The SMILES string of the molecule is O=CNc1nc(-c2ccccn2)cs1. The van der Waals surface area contributed by atoms with Crippen molar-refractivity contribution in [1.29, 1.82) is 0 Å². The molecule has 4 nitrogen and oxygen atoms in total. The maximum Gasteiger partial charge on any atom is 0.213 e. The molecule has 70 valence electrons. The zero-order valence-electron chi connectivity index (χ0n) is 7.18. The summed E-state index contributed by atoms with van der Waals surface area (Å²) in [6, 6.07) is 5.62. The Hall–Kier alpha value is -1.75. The third-order valence-electron chi connectivity index (χ3n) is 1.61. The Balaban J connectivity index is 2.29. The summed E-state index contributed by atoms with van der Waals surface area (Å²) >= 11 is 1.38. The Labute approximate surface area is 84.6 Å². The monoisotopic (exact) mass is 205 g/mol. The van der Waals surface area contributed by atoms with Gasteiger partial charge < -0.3 is 5.32 Å². The standard InChI is InChI=1S/C9H7N3OS/c13-6-11-9-12-8(5-14-9)7-3-1-2-4-10-7/h1-6H,(H,11,12,13). The van der Waals surface area contributed by atoms with Gasteiger partial charge in [0.2, 0.25) is 6.41 Å². The Morgan fingerprint density at radius 2 is 2.29 bits per heavy atom. The first-order valence-corrected chi connectivity index (χ1v) is 4.85. The molecule has 0 spiro atoms. The van der Waals surface area contributed by atoms with E-state index in [1.165, 1.54) is 11.3 Å². The molecule has 0 fully saturated rings. The van der Waals surface area contributed by atoms with Crippen molar-refractivity contribution in [1.82, 2.24) is 9.97 Å². The van der Waals surface area contributed by atoms with Crippen LogP contribution >= 0.6 is 11.3 Å². The van der Waals surface area contributed by atoms with Crippen LogP contribution in [0.25, 0.3) is 11.4 Å². The first-order chi connectivity index (χ1) is 6.90. The molecule has 0 aliphatic carbocycles. The molecule has 0 aliphatic heterocycles. The van der Waals surface area contributed by atoms with Gasteiger partial charge in [-0.3, -0.25) is 9.78 Å². The van der Waals surface area contributed by atoms with Crippen molar-refractivity contribution in [3.63, 3.8) is 0 Å². The van der Waals surface area contributed by atoms with E-state index in [0.29, 0.717) is 11.5 Å². The van der Waals surface area contributed by atoms with Crippen LogP contribution in [0.2, 0.25) is 0 Å². The lowest BCUT2D eigenvalue weighted by atomic mass is 10.3. The molecule has 2 aromatic heterocycles. The maximum absolute atomic E-state index is 10.2. The number of nitrogens with one attached hydrogen (secondary N) is 1. The topological polar surface area (TPSA) is 54.9 Å². The van der Waals surface area contributed by atoms with E-state index in [1.807, 2.05) is 23.6 Å². The van der Waals surface area contributed by atoms with Gasteiger partial charge in [0.15, 0.2) is 5.13 Å². The number of carbonyl (C=O) groups excluding carboxylic acids is 1. The first-order valence-electron chi connectivity index (χ1n) is 3.97. The summed E-state index contributed by atoms with van der Waals surface area (Å²) in [5.74, 6) is 0. The molecule has 2 aromatic rings. The van der Waals surface area contributed by atoms with Crippen molar-refractivity contribution in [2.75, 3.05) is 5.32 Å². The number of pyridine rings is 1. The number of thiazole rings is 1. The molecule has 0 atom stereocenters. The van der Waals surface area contributed by atoms with Crippen molar-refractivity contribution >= 4 is 22.9 Å². The summed E-state index contributed by atoms with van der Waals surface area (Å²) in [5, 5.41) is 4.94. The lowest BCUT2D eigenvalue weighted by Crippen LogP contribution is -1.92. The van der Waals surface area contributed by atoms with Gasteiger partial charge in [-0.25, -0.2) is 4.98 Å². The average molecular weight is 205 g/mol. The Kier molecular flexibility index (Phi) is 2.51. The normalized spacial score (nSPS) is 9.71. The van der Waals surface area contributed by atoms with Crippen LogP contribution in [0.1, 0.15) is 0 Å². The number of nitrogens with zero attached hydrogens (tertiary/aromatic N) is 2. The number of rotatable bonds is 3. The van der Waals surface area contributed by atoms with Gasteiger partial charge in [-0.2, -0.15) is 0 Å². The highest BCUT2D eigenvalue weighted by atomic mass is 32.1. The number of anilines is 1. The molecule has 0 bridgehead atoms. The zero-order chi connectivity index (χ0) is 9.80. The van der Waals surface area contributed by atoms with E-state index >= 15 is 0 Å². The van der Waals surface area contributed by atoms with Crippen LogP contribution in [0.3, 0.4) is 0 Å². The minimum Gasteiger partial charge on any atom is -0.305 e. The fourth-order valence-corrected chi connectivity index (χ4v) is 1.69. The highest BCUT2D eigenvalue weighted by Gasteiger charge is 2.03. The lowest BCUT2D eigenvalue weighted by Gasteiger charge is -1.92. The van der Waals surface area contributed by atoms with Crippen molar-refractivity contribution in [3.05, 3.63) is 29.8 Å². The number of hydrogen-bond donors (Lipinski definition) is 1. The second kappa shape index (κ2) is 3.97. The van der Waals surface area contributed by atoms with Crippen LogP contribution in [0.4, 0.5) is 5.13 Å². The second-order valence-corrected chi connectivity index (χ2v) is 3.37. The summed E-state index contributed by atoms with van der Waals surface area (Å²) in [6.07, 6.45) is 2.32. The predicted molar refractivity (Wildman–Crippen MR) is 55.0 cm³/mol. The van der Waals surface area contributed by atoms with Gasteiger partial charge in [0.1, 0.15) is 5.69 Å². The first kappa shape index (κ1) is 8.83. The molecule has 1 amide bonds. The molecule has 0 unspecified atom stereocenters. The predicted octanol–water partition coefficient (Wildman–Crippen LogP) is 1.77. The van der Waals surface area contributed by atoms with Crippen molar-refractivity contribution in [2.24, 2.45) is 0 Å². The van der Waals surface area contributed by atoms with Gasteiger partial charge in [0, 0.05) is 11.6 Å². The largest absolute Gasteiger partial charge is 0.305 e. The van der Waals surface area contributed by atoms with Gasteiger partial charge in [-0.05, 0) is 12.1 Å². The quantitative estimate of drug-likeness (QED) is 0.777. The lowest BCUT2D eigenvalue weighted by molar-refractivity contribution is -0.105. The second-order valence-electron chi connectivity index (χ2n) is 2.52. The molecule has 1 N–H and O–H groups in total. The summed E-state index contributed by atoms with van der Waals surface area (Å²) < 4.78 is 0. The molecule has 2 rings (SSSR count). The van der Waals surface area contributed by atoms with Crippen LogP contribution < -0.4 is 5.32 Å². The van der Waals surface area contributed by atoms with Crippen LogP contribution in [0, 0.1) is 0 Å². The molecule has 5 heteroatoms.